The van der Waals surface area contributed by atoms with Crippen LogP contribution in [0.1, 0.15) is 44.9 Å². The number of thiazole rings is 2. The van der Waals surface area contributed by atoms with E-state index in [4.69, 9.17) is 14.2 Å². The topological polar surface area (TPSA) is 185 Å². The normalized spacial score (nSPS) is 17.2. The zero-order chi connectivity index (χ0) is 43.7. The lowest BCUT2D eigenvalue weighted by atomic mass is 9.85. The van der Waals surface area contributed by atoms with Gasteiger partial charge in [0.05, 0.1) is 41.1 Å². The number of aliphatic hydroxyl groups is 1. The van der Waals surface area contributed by atoms with E-state index in [2.05, 4.69) is 25.9 Å². The number of hydrogen-bond donors (Lipinski definition) is 4. The summed E-state index contributed by atoms with van der Waals surface area (Å²) in [6.45, 7) is 9.17. The van der Waals surface area contributed by atoms with Gasteiger partial charge in [0.1, 0.15) is 18.7 Å². The average molecular weight is 884 g/mol. The van der Waals surface area contributed by atoms with Crippen molar-refractivity contribution in [2.45, 2.75) is 65.3 Å². The van der Waals surface area contributed by atoms with E-state index < -0.39 is 71.2 Å². The first kappa shape index (κ1) is 45.4. The number of carbonyl (C=O) groups is 4. The van der Waals surface area contributed by atoms with Crippen LogP contribution < -0.4 is 25.6 Å². The summed E-state index contributed by atoms with van der Waals surface area (Å²) in [5.41, 5.74) is 4.48. The van der Waals surface area contributed by atoms with Gasteiger partial charge in [0, 0.05) is 56.7 Å². The molecule has 328 valence electrons. The summed E-state index contributed by atoms with van der Waals surface area (Å²) in [5, 5.41) is 21.2. The summed E-state index contributed by atoms with van der Waals surface area (Å²) in [6.07, 6.45) is -0.545. The molecular formula is C42H51F2N7O8S2. The summed E-state index contributed by atoms with van der Waals surface area (Å²) in [5.74, 6) is -4.83. The Kier molecular flexibility index (Phi) is 15.4. The van der Waals surface area contributed by atoms with Gasteiger partial charge in [-0.3, -0.25) is 19.2 Å². The molecule has 0 radical (unpaired) electrons. The molecule has 0 aliphatic carbocycles. The molecule has 0 bridgehead atoms. The Bertz CT molecular complexity index is 2160. The minimum atomic E-state index is -1.23. The van der Waals surface area contributed by atoms with E-state index in [0.717, 1.165) is 27.8 Å². The number of hydrogen-bond acceptors (Lipinski definition) is 13. The molecule has 6 rings (SSSR count). The number of rotatable bonds is 17. The van der Waals surface area contributed by atoms with Gasteiger partial charge in [-0.1, -0.05) is 45.0 Å². The molecule has 3 atom stereocenters. The molecule has 0 spiro atoms. The van der Waals surface area contributed by atoms with Crippen LogP contribution >= 0.6 is 22.7 Å². The third kappa shape index (κ3) is 11.9. The number of carbonyl (C=O) groups excluding carboxylic acids is 4. The van der Waals surface area contributed by atoms with E-state index in [0.29, 0.717) is 43.5 Å². The molecule has 4 heterocycles. The van der Waals surface area contributed by atoms with Gasteiger partial charge in [-0.2, -0.15) is 4.39 Å². The molecule has 19 heteroatoms. The first-order valence-electron chi connectivity index (χ1n) is 20.0. The maximum atomic E-state index is 14.9. The fourth-order valence-corrected chi connectivity index (χ4v) is 8.59. The van der Waals surface area contributed by atoms with E-state index >= 15 is 0 Å². The molecule has 2 aliphatic heterocycles. The van der Waals surface area contributed by atoms with Crippen molar-refractivity contribution >= 4 is 51.4 Å². The van der Waals surface area contributed by atoms with Crippen LogP contribution in [0.2, 0.25) is 0 Å². The van der Waals surface area contributed by atoms with E-state index in [1.54, 1.807) is 43.0 Å². The molecule has 61 heavy (non-hydrogen) atoms. The molecule has 2 aliphatic rings. The zero-order valence-corrected chi connectivity index (χ0v) is 36.1. The predicted molar refractivity (Wildman–Crippen MR) is 226 cm³/mol. The van der Waals surface area contributed by atoms with Crippen molar-refractivity contribution < 1.29 is 47.3 Å². The number of nitrogens with one attached hydrogen (secondary N) is 3. The molecule has 15 nitrogen and oxygen atoms in total. The number of aryl methyl sites for hydroxylation is 1. The largest absolute Gasteiger partial charge is 0.480 e. The zero-order valence-electron chi connectivity index (χ0n) is 34.5. The van der Waals surface area contributed by atoms with Gasteiger partial charge in [-0.25, -0.2) is 14.4 Å². The molecule has 2 aromatic carbocycles. The number of anilines is 1. The van der Waals surface area contributed by atoms with Gasteiger partial charge in [0.25, 0.3) is 5.91 Å². The summed E-state index contributed by atoms with van der Waals surface area (Å²) in [7, 11) is 0. The van der Waals surface area contributed by atoms with Crippen molar-refractivity contribution in [2.75, 3.05) is 64.1 Å². The summed E-state index contributed by atoms with van der Waals surface area (Å²) in [6, 6.07) is 8.15. The Morgan fingerprint density at radius 1 is 1.02 bits per heavy atom. The second kappa shape index (κ2) is 20.7. The second-order valence-corrected chi connectivity index (χ2v) is 17.5. The van der Waals surface area contributed by atoms with Gasteiger partial charge in [0.2, 0.25) is 23.5 Å². The smallest absolute Gasteiger partial charge is 0.257 e. The van der Waals surface area contributed by atoms with Crippen LogP contribution in [0, 0.1) is 24.0 Å². The SMILES string of the molecule is Cc1ncsc1-c1ccc(CNC(=O)[C@@H]2C[C@@H](O)CN2C(=O)[C@@H](NC(=O)COCCCNC(=O)COc2c(-c3csc(N4CCOCC4)n3)ccc(F)c2F)C(C)(C)C)cc1. The van der Waals surface area contributed by atoms with E-state index in [1.165, 1.54) is 22.3 Å². The third-order valence-corrected chi connectivity index (χ3v) is 12.1. The highest BCUT2D eigenvalue weighted by atomic mass is 32.1. The minimum Gasteiger partial charge on any atom is -0.480 e. The van der Waals surface area contributed by atoms with Crippen molar-refractivity contribution in [3.05, 3.63) is 70.2 Å². The Labute approximate surface area is 360 Å². The highest BCUT2D eigenvalue weighted by Crippen LogP contribution is 2.36. The van der Waals surface area contributed by atoms with Gasteiger partial charge in [-0.05, 0) is 42.0 Å². The van der Waals surface area contributed by atoms with Crippen LogP contribution in [0.25, 0.3) is 21.7 Å². The summed E-state index contributed by atoms with van der Waals surface area (Å²) >= 11 is 2.91. The Morgan fingerprint density at radius 3 is 2.48 bits per heavy atom. The van der Waals surface area contributed by atoms with Crippen LogP contribution in [0.4, 0.5) is 13.9 Å². The molecular weight excluding hydrogens is 833 g/mol. The van der Waals surface area contributed by atoms with E-state index in [9.17, 15) is 33.1 Å². The fourth-order valence-electron chi connectivity index (χ4n) is 6.90. The number of amides is 4. The third-order valence-electron chi connectivity index (χ3n) is 10.2. The van der Waals surface area contributed by atoms with Gasteiger partial charge < -0.3 is 45.1 Å². The van der Waals surface area contributed by atoms with E-state index in [-0.39, 0.29) is 44.8 Å². The molecule has 2 saturated heterocycles. The predicted octanol–water partition coefficient (Wildman–Crippen LogP) is 4.07. The lowest BCUT2D eigenvalue weighted by Gasteiger charge is -2.35. The quantitative estimate of drug-likeness (QED) is 0.112. The van der Waals surface area contributed by atoms with Crippen molar-refractivity contribution in [1.82, 2.24) is 30.8 Å². The van der Waals surface area contributed by atoms with Crippen molar-refractivity contribution in [3.8, 4) is 27.4 Å². The highest BCUT2D eigenvalue weighted by Gasteiger charge is 2.44. The van der Waals surface area contributed by atoms with Gasteiger partial charge >= 0.3 is 0 Å². The number of likely N-dealkylation sites (tertiary alicyclic amines) is 1. The van der Waals surface area contributed by atoms with Crippen LogP contribution in [0.15, 0.2) is 47.3 Å². The van der Waals surface area contributed by atoms with Crippen LogP contribution in [-0.4, -0.2) is 121 Å². The maximum absolute atomic E-state index is 14.9. The number of aliphatic hydroxyl groups excluding tert-OH is 1. The van der Waals surface area contributed by atoms with Crippen molar-refractivity contribution in [3.63, 3.8) is 0 Å². The Hall–Kier alpha value is -5.08. The number of benzene rings is 2. The number of β-amino-alcohol motifs (C(OH)–C–C–N with tert-alkyl or cyclic N) is 1. The van der Waals surface area contributed by atoms with Crippen LogP contribution in [0.3, 0.4) is 0 Å². The molecule has 4 amide bonds. The standard InChI is InChI=1S/C42H51F2N7O8S2/c1-25-37(61-24-47-25)27-8-6-26(7-9-27)19-46-39(55)32-18-28(52)20-51(32)40(56)38(42(2,3)4)49-34(54)21-58-15-5-12-45-33(53)22-59-36-29(10-11-30(43)35(36)44)31-23-60-41(48-31)50-13-16-57-17-14-50/h6-11,23-24,28,32,38,52H,5,12-22H2,1-4H3,(H,45,53)(H,46,55)(H,49,54)/t28-,32+,38-/m1/s1. The fraction of sp³-hybridized carbons (Fsp3) is 0.476. The molecule has 0 unspecified atom stereocenters. The lowest BCUT2D eigenvalue weighted by Crippen LogP contribution is -2.58. The minimum absolute atomic E-state index is 0.0591. The summed E-state index contributed by atoms with van der Waals surface area (Å²) < 4.78 is 45.5. The first-order chi connectivity index (χ1) is 29.2. The maximum Gasteiger partial charge on any atom is 0.257 e. The molecule has 0 saturated carbocycles. The lowest BCUT2D eigenvalue weighted by molar-refractivity contribution is -0.144. The number of morpholine rings is 1. The molecule has 4 aromatic rings. The van der Waals surface area contributed by atoms with Crippen molar-refractivity contribution in [2.24, 2.45) is 5.41 Å². The monoisotopic (exact) mass is 883 g/mol. The number of ether oxygens (including phenoxy) is 3. The second-order valence-electron chi connectivity index (χ2n) is 15.8. The number of aromatic nitrogens is 2. The van der Waals surface area contributed by atoms with E-state index in [1.807, 2.05) is 36.1 Å². The van der Waals surface area contributed by atoms with Crippen LogP contribution in [0.5, 0.6) is 5.75 Å². The Balaban J connectivity index is 0.929. The molecule has 2 fully saturated rings. The van der Waals surface area contributed by atoms with Crippen LogP contribution in [-0.2, 0) is 35.2 Å². The molecule has 4 N–H and O–H groups in total. The van der Waals surface area contributed by atoms with Crippen molar-refractivity contribution in [1.29, 1.82) is 0 Å². The summed E-state index contributed by atoms with van der Waals surface area (Å²) in [4.78, 5) is 66.2. The average Bonchev–Trinajstić information content (AvgIpc) is 4.01. The number of nitrogens with zero attached hydrogens (tertiary/aromatic N) is 4. The number of halogens is 2. The highest BCUT2D eigenvalue weighted by molar-refractivity contribution is 7.14. The molecule has 2 aromatic heterocycles. The Morgan fingerprint density at radius 2 is 1.77 bits per heavy atom. The van der Waals surface area contributed by atoms with Gasteiger partial charge in [-0.15, -0.1) is 22.7 Å². The first-order valence-corrected chi connectivity index (χ1v) is 21.7. The van der Waals surface area contributed by atoms with Gasteiger partial charge in [0.15, 0.2) is 23.3 Å².